The van der Waals surface area contributed by atoms with E-state index in [2.05, 4.69) is 51.5 Å². The number of allylic oxidation sites excluding steroid dienone is 2. The molecule has 5 nitrogen and oxygen atoms in total. The summed E-state index contributed by atoms with van der Waals surface area (Å²) in [4.78, 5) is 7.86. The summed E-state index contributed by atoms with van der Waals surface area (Å²) in [6, 6.07) is 10.9. The number of aromatic amines is 1. The molecule has 1 N–H and O–H groups in total. The smallest absolute Gasteiger partial charge is 0.137 e. The van der Waals surface area contributed by atoms with E-state index in [1.54, 1.807) is 0 Å². The molecule has 0 aliphatic heterocycles. The Morgan fingerprint density at radius 2 is 2.19 bits per heavy atom. The van der Waals surface area contributed by atoms with Crippen LogP contribution in [0.4, 0.5) is 0 Å². The summed E-state index contributed by atoms with van der Waals surface area (Å²) in [6.45, 7) is 0. The van der Waals surface area contributed by atoms with E-state index in [1.165, 1.54) is 11.1 Å². The van der Waals surface area contributed by atoms with Crippen molar-refractivity contribution in [2.45, 2.75) is 19.3 Å². The Kier molecular flexibility index (Phi) is 3.58. The molecule has 1 aliphatic carbocycles. The molecule has 0 saturated heterocycles. The predicted octanol–water partition coefficient (Wildman–Crippen LogP) is 4.82. The van der Waals surface area contributed by atoms with E-state index in [4.69, 9.17) is 0 Å². The number of hydrogen-bond donors (Lipinski definition) is 1. The third kappa shape index (κ3) is 2.53. The van der Waals surface area contributed by atoms with Gasteiger partial charge < -0.3 is 4.98 Å². The van der Waals surface area contributed by atoms with Crippen LogP contribution in [-0.2, 0) is 7.05 Å². The van der Waals surface area contributed by atoms with Crippen molar-refractivity contribution >= 4 is 27.5 Å². The van der Waals surface area contributed by atoms with E-state index in [9.17, 15) is 5.26 Å². The molecule has 5 rings (SSSR count). The van der Waals surface area contributed by atoms with E-state index in [0.29, 0.717) is 0 Å². The lowest BCUT2D eigenvalue weighted by atomic mass is 9.84. The van der Waals surface area contributed by atoms with Crippen molar-refractivity contribution in [2.75, 3.05) is 0 Å². The molecule has 0 fully saturated rings. The number of nitrogens with zero attached hydrogens (tertiary/aromatic N) is 4. The fourth-order valence-corrected chi connectivity index (χ4v) is 4.06. The topological polar surface area (TPSA) is 70.3 Å². The maximum atomic E-state index is 9.22. The maximum Gasteiger partial charge on any atom is 0.137 e. The molecule has 1 aliphatic rings. The van der Waals surface area contributed by atoms with E-state index < -0.39 is 0 Å². The minimum atomic E-state index is 0.131. The third-order valence-corrected chi connectivity index (χ3v) is 5.56. The summed E-state index contributed by atoms with van der Waals surface area (Å²) in [5.74, 6) is 0.131. The Hall–Kier alpha value is -3.39. The Balaban J connectivity index is 1.73. The molecule has 4 aromatic rings. The largest absolute Gasteiger partial charge is 0.346 e. The minimum absolute atomic E-state index is 0.131. The van der Waals surface area contributed by atoms with E-state index >= 15 is 0 Å². The van der Waals surface area contributed by atoms with Crippen molar-refractivity contribution in [1.82, 2.24) is 19.7 Å². The minimum Gasteiger partial charge on any atom is -0.346 e. The van der Waals surface area contributed by atoms with Gasteiger partial charge in [0.05, 0.1) is 23.7 Å². The van der Waals surface area contributed by atoms with Crippen molar-refractivity contribution in [2.24, 2.45) is 13.0 Å². The first-order valence-corrected chi connectivity index (χ1v) is 9.22. The number of hydrogen-bond acceptors (Lipinski definition) is 3. The highest BCUT2D eigenvalue weighted by atomic mass is 15.2. The molecule has 0 spiro atoms. The van der Waals surface area contributed by atoms with E-state index in [-0.39, 0.29) is 5.92 Å². The Labute approximate surface area is 157 Å². The summed E-state index contributed by atoms with van der Waals surface area (Å²) >= 11 is 0. The van der Waals surface area contributed by atoms with Crippen LogP contribution in [0.3, 0.4) is 0 Å². The standard InChI is InChI=1S/C22H19N5/c1-27-20-10-16(6-7-17(20)12-26-27)19-13-25-22-18(8-9-24-22)21(19)15-4-2-14(11-23)3-5-15/h4,6-10,12-14H,2-3,5H2,1H3,(H,24,25). The van der Waals surface area contributed by atoms with Gasteiger partial charge in [0.1, 0.15) is 5.65 Å². The summed E-state index contributed by atoms with van der Waals surface area (Å²) in [5.41, 5.74) is 6.83. The summed E-state index contributed by atoms with van der Waals surface area (Å²) < 4.78 is 1.90. The second-order valence-corrected chi connectivity index (χ2v) is 7.16. The van der Waals surface area contributed by atoms with Crippen LogP contribution in [-0.4, -0.2) is 19.7 Å². The number of aryl methyl sites for hydroxylation is 1. The second kappa shape index (κ2) is 6.10. The third-order valence-electron chi connectivity index (χ3n) is 5.56. The van der Waals surface area contributed by atoms with Crippen LogP contribution < -0.4 is 0 Å². The van der Waals surface area contributed by atoms with Crippen LogP contribution in [0, 0.1) is 17.2 Å². The van der Waals surface area contributed by atoms with Gasteiger partial charge in [0.15, 0.2) is 0 Å². The summed E-state index contributed by atoms with van der Waals surface area (Å²) in [6.07, 6.45) is 10.7. The first-order valence-electron chi connectivity index (χ1n) is 9.22. The molecule has 3 aromatic heterocycles. The molecule has 3 heterocycles. The molecule has 1 atom stereocenters. The lowest BCUT2D eigenvalue weighted by Crippen LogP contribution is -2.04. The van der Waals surface area contributed by atoms with Gasteiger partial charge in [-0.3, -0.25) is 4.68 Å². The van der Waals surface area contributed by atoms with Gasteiger partial charge in [-0.05, 0) is 48.1 Å². The van der Waals surface area contributed by atoms with Gasteiger partial charge in [0.2, 0.25) is 0 Å². The van der Waals surface area contributed by atoms with Crippen LogP contribution >= 0.6 is 0 Å². The van der Waals surface area contributed by atoms with Gasteiger partial charge in [-0.15, -0.1) is 0 Å². The second-order valence-electron chi connectivity index (χ2n) is 7.16. The zero-order chi connectivity index (χ0) is 18.4. The highest BCUT2D eigenvalue weighted by Gasteiger charge is 2.20. The van der Waals surface area contributed by atoms with Crippen molar-refractivity contribution < 1.29 is 0 Å². The van der Waals surface area contributed by atoms with Gasteiger partial charge in [0.25, 0.3) is 0 Å². The first-order chi connectivity index (χ1) is 13.2. The number of fused-ring (bicyclic) bond motifs is 2. The average molecular weight is 353 g/mol. The number of rotatable bonds is 2. The SMILES string of the molecule is Cn1ncc2ccc(-c3cnc4[nH]ccc4c3C3=CCC(C#N)CC3)cc21. The average Bonchev–Trinajstić information content (AvgIpc) is 3.34. The monoisotopic (exact) mass is 353 g/mol. The molecule has 0 amide bonds. The lowest BCUT2D eigenvalue weighted by molar-refractivity contribution is 0.605. The molecular weight excluding hydrogens is 334 g/mol. The van der Waals surface area contributed by atoms with Crippen molar-refractivity contribution in [3.05, 3.63) is 54.5 Å². The van der Waals surface area contributed by atoms with E-state index in [0.717, 1.165) is 52.3 Å². The molecule has 1 unspecified atom stereocenters. The van der Waals surface area contributed by atoms with Crippen LogP contribution in [0.25, 0.3) is 38.6 Å². The number of pyridine rings is 1. The van der Waals surface area contributed by atoms with Crippen LogP contribution in [0.15, 0.2) is 48.9 Å². The summed E-state index contributed by atoms with van der Waals surface area (Å²) in [7, 11) is 1.96. The molecule has 0 saturated carbocycles. The Bertz CT molecular complexity index is 1230. The van der Waals surface area contributed by atoms with Crippen molar-refractivity contribution in [3.8, 4) is 17.2 Å². The summed E-state index contributed by atoms with van der Waals surface area (Å²) in [5, 5.41) is 15.8. The molecule has 0 radical (unpaired) electrons. The fourth-order valence-electron chi connectivity index (χ4n) is 4.06. The zero-order valence-electron chi connectivity index (χ0n) is 15.1. The molecule has 132 valence electrons. The highest BCUT2D eigenvalue weighted by Crippen LogP contribution is 2.39. The normalized spacial score (nSPS) is 17.2. The maximum absolute atomic E-state index is 9.22. The van der Waals surface area contributed by atoms with Gasteiger partial charge in [-0.2, -0.15) is 10.4 Å². The fraction of sp³-hybridized carbons (Fsp3) is 0.227. The number of H-pyrrole nitrogens is 1. The van der Waals surface area contributed by atoms with Gasteiger partial charge in [0, 0.05) is 35.8 Å². The van der Waals surface area contributed by atoms with E-state index in [1.807, 2.05) is 30.3 Å². The predicted molar refractivity (Wildman–Crippen MR) is 107 cm³/mol. The van der Waals surface area contributed by atoms with Gasteiger partial charge in [-0.1, -0.05) is 18.2 Å². The molecular formula is C22H19N5. The lowest BCUT2D eigenvalue weighted by Gasteiger charge is -2.20. The number of nitriles is 1. The van der Waals surface area contributed by atoms with Gasteiger partial charge in [-0.25, -0.2) is 4.98 Å². The van der Waals surface area contributed by atoms with Crippen LogP contribution in [0.2, 0.25) is 0 Å². The number of nitrogens with one attached hydrogen (secondary N) is 1. The van der Waals surface area contributed by atoms with Crippen LogP contribution in [0.5, 0.6) is 0 Å². The first kappa shape index (κ1) is 15.8. The quantitative estimate of drug-likeness (QED) is 0.561. The Morgan fingerprint density at radius 1 is 1.26 bits per heavy atom. The Morgan fingerprint density at radius 3 is 3.00 bits per heavy atom. The molecule has 5 heteroatoms. The number of aromatic nitrogens is 4. The van der Waals surface area contributed by atoms with Gasteiger partial charge >= 0.3 is 0 Å². The molecule has 0 bridgehead atoms. The molecule has 27 heavy (non-hydrogen) atoms. The van der Waals surface area contributed by atoms with Crippen LogP contribution in [0.1, 0.15) is 24.8 Å². The number of benzene rings is 1. The highest BCUT2D eigenvalue weighted by molar-refractivity contribution is 5.98. The zero-order valence-corrected chi connectivity index (χ0v) is 15.1. The van der Waals surface area contributed by atoms with Crippen molar-refractivity contribution in [3.63, 3.8) is 0 Å². The molecule has 1 aromatic carbocycles. The van der Waals surface area contributed by atoms with Crippen molar-refractivity contribution in [1.29, 1.82) is 5.26 Å².